The molecule has 1 aliphatic carbocycles. The second-order valence-electron chi connectivity index (χ2n) is 6.76. The molecular weight excluding hydrogens is 312 g/mol. The van der Waals surface area contributed by atoms with Gasteiger partial charge < -0.3 is 20.3 Å². The van der Waals surface area contributed by atoms with Crippen molar-refractivity contribution >= 4 is 11.6 Å². The minimum atomic E-state index is 0.840. The maximum Gasteiger partial charge on any atom is 0.190 e. The Kier molecular flexibility index (Phi) is 9.19. The molecule has 0 atom stereocenters. The van der Waals surface area contributed by atoms with Crippen LogP contribution in [-0.2, 0) is 4.74 Å². The molecule has 0 spiro atoms. The van der Waals surface area contributed by atoms with Crippen LogP contribution in [0.4, 0.5) is 5.69 Å². The lowest BCUT2D eigenvalue weighted by Gasteiger charge is -2.19. The van der Waals surface area contributed by atoms with E-state index < -0.39 is 0 Å². The molecule has 1 aliphatic rings. The number of ether oxygens (including phenoxy) is 1. The Hall–Kier alpha value is -1.75. The summed E-state index contributed by atoms with van der Waals surface area (Å²) < 4.78 is 5.64. The zero-order chi connectivity index (χ0) is 17.7. The van der Waals surface area contributed by atoms with Crippen LogP contribution in [0.25, 0.3) is 0 Å². The largest absolute Gasteiger partial charge is 0.381 e. The predicted octanol–water partition coefficient (Wildman–Crippen LogP) is 2.88. The molecule has 1 aromatic rings. The summed E-state index contributed by atoms with van der Waals surface area (Å²) in [6.45, 7) is 4.70. The maximum atomic E-state index is 5.64. The van der Waals surface area contributed by atoms with E-state index in [1.807, 2.05) is 7.05 Å². The van der Waals surface area contributed by atoms with E-state index in [2.05, 4.69) is 57.9 Å². The second kappa shape index (κ2) is 11.7. The molecule has 2 rings (SSSR count). The van der Waals surface area contributed by atoms with E-state index in [4.69, 9.17) is 4.74 Å². The highest BCUT2D eigenvalue weighted by Crippen LogP contribution is 2.28. The van der Waals surface area contributed by atoms with E-state index in [1.54, 1.807) is 0 Å². The average molecular weight is 347 g/mol. The Morgan fingerprint density at radius 1 is 1.12 bits per heavy atom. The highest BCUT2D eigenvalue weighted by molar-refractivity contribution is 5.79. The van der Waals surface area contributed by atoms with Gasteiger partial charge in [0.2, 0.25) is 0 Å². The number of nitrogens with one attached hydrogen (secondary N) is 2. The molecule has 25 heavy (non-hydrogen) atoms. The molecule has 0 bridgehead atoms. The summed E-state index contributed by atoms with van der Waals surface area (Å²) in [6, 6.07) is 10.5. The van der Waals surface area contributed by atoms with Gasteiger partial charge in [-0.25, -0.2) is 0 Å². The van der Waals surface area contributed by atoms with Crippen LogP contribution in [0.2, 0.25) is 0 Å². The lowest BCUT2D eigenvalue weighted by Crippen LogP contribution is -2.38. The Morgan fingerprint density at radius 2 is 1.84 bits per heavy atom. The highest BCUT2D eigenvalue weighted by atomic mass is 16.5. The first-order valence-corrected chi connectivity index (χ1v) is 9.58. The fourth-order valence-electron chi connectivity index (χ4n) is 2.63. The molecule has 0 aliphatic heterocycles. The Labute approximate surface area is 152 Å². The summed E-state index contributed by atoms with van der Waals surface area (Å²) in [5, 5.41) is 6.73. The molecule has 0 heterocycles. The molecule has 0 amide bonds. The van der Waals surface area contributed by atoms with Gasteiger partial charge in [0.25, 0.3) is 0 Å². The smallest absolute Gasteiger partial charge is 0.190 e. The van der Waals surface area contributed by atoms with Crippen molar-refractivity contribution in [2.45, 2.75) is 32.1 Å². The van der Waals surface area contributed by atoms with Gasteiger partial charge in [0.15, 0.2) is 5.96 Å². The normalized spacial score (nSPS) is 14.4. The van der Waals surface area contributed by atoms with Crippen LogP contribution in [0.5, 0.6) is 0 Å². The second-order valence-corrected chi connectivity index (χ2v) is 6.76. The first-order chi connectivity index (χ1) is 12.3. The van der Waals surface area contributed by atoms with Crippen molar-refractivity contribution in [2.75, 3.05) is 51.8 Å². The lowest BCUT2D eigenvalue weighted by molar-refractivity contribution is 0.123. The number of benzene rings is 1. The third-order valence-corrected chi connectivity index (χ3v) is 4.44. The predicted molar refractivity (Wildman–Crippen MR) is 106 cm³/mol. The van der Waals surface area contributed by atoms with Crippen molar-refractivity contribution in [1.29, 1.82) is 0 Å². The van der Waals surface area contributed by atoms with E-state index in [1.165, 1.54) is 18.5 Å². The van der Waals surface area contributed by atoms with Crippen molar-refractivity contribution in [1.82, 2.24) is 10.6 Å². The molecule has 1 aromatic carbocycles. The van der Waals surface area contributed by atoms with E-state index in [-0.39, 0.29) is 0 Å². The van der Waals surface area contributed by atoms with Crippen LogP contribution in [0, 0.1) is 5.92 Å². The maximum absolute atomic E-state index is 5.64. The van der Waals surface area contributed by atoms with Crippen molar-refractivity contribution in [3.05, 3.63) is 30.3 Å². The van der Waals surface area contributed by atoms with Gasteiger partial charge in [0.1, 0.15) is 0 Å². The average Bonchev–Trinajstić information content (AvgIpc) is 3.47. The van der Waals surface area contributed by atoms with Gasteiger partial charge >= 0.3 is 0 Å². The molecule has 2 N–H and O–H groups in total. The van der Waals surface area contributed by atoms with Gasteiger partial charge in [-0.15, -0.1) is 0 Å². The SMILES string of the molecule is CN=C(NCCCCN(C)c1ccccc1)NCCCOCC1CC1. The van der Waals surface area contributed by atoms with Crippen LogP contribution in [0.1, 0.15) is 32.1 Å². The first-order valence-electron chi connectivity index (χ1n) is 9.58. The molecule has 140 valence electrons. The molecule has 0 radical (unpaired) electrons. The topological polar surface area (TPSA) is 48.9 Å². The molecule has 5 nitrogen and oxygen atoms in total. The van der Waals surface area contributed by atoms with Crippen LogP contribution in [0.15, 0.2) is 35.3 Å². The van der Waals surface area contributed by atoms with Gasteiger partial charge in [0.05, 0.1) is 0 Å². The zero-order valence-electron chi connectivity index (χ0n) is 15.8. The molecular formula is C20H34N4O. The minimum Gasteiger partial charge on any atom is -0.381 e. The number of aliphatic imine (C=N–C) groups is 1. The van der Waals surface area contributed by atoms with Crippen LogP contribution < -0.4 is 15.5 Å². The molecule has 1 saturated carbocycles. The Balaban J connectivity index is 1.45. The Bertz CT molecular complexity index is 488. The van der Waals surface area contributed by atoms with Crippen LogP contribution >= 0.6 is 0 Å². The van der Waals surface area contributed by atoms with Gasteiger partial charge in [0, 0.05) is 52.6 Å². The molecule has 5 heteroatoms. The lowest BCUT2D eigenvalue weighted by atomic mass is 10.2. The molecule has 0 saturated heterocycles. The summed E-state index contributed by atoms with van der Waals surface area (Å²) in [4.78, 5) is 6.57. The Morgan fingerprint density at radius 3 is 2.52 bits per heavy atom. The summed E-state index contributed by atoms with van der Waals surface area (Å²) in [7, 11) is 3.97. The van der Waals surface area contributed by atoms with Crippen LogP contribution in [-0.4, -0.2) is 52.9 Å². The van der Waals surface area contributed by atoms with E-state index >= 15 is 0 Å². The van der Waals surface area contributed by atoms with Gasteiger partial charge in [-0.3, -0.25) is 4.99 Å². The van der Waals surface area contributed by atoms with Crippen molar-refractivity contribution < 1.29 is 4.74 Å². The first kappa shape index (κ1) is 19.6. The van der Waals surface area contributed by atoms with Gasteiger partial charge in [-0.05, 0) is 50.2 Å². The van der Waals surface area contributed by atoms with E-state index in [0.717, 1.165) is 64.0 Å². The number of hydrogen-bond acceptors (Lipinski definition) is 3. The summed E-state index contributed by atoms with van der Waals surface area (Å²) in [5.74, 6) is 1.74. The van der Waals surface area contributed by atoms with Crippen molar-refractivity contribution in [3.8, 4) is 0 Å². The zero-order valence-corrected chi connectivity index (χ0v) is 15.8. The number of para-hydroxylation sites is 1. The monoisotopic (exact) mass is 346 g/mol. The summed E-state index contributed by atoms with van der Waals surface area (Å²) in [5.41, 5.74) is 1.27. The van der Waals surface area contributed by atoms with Crippen LogP contribution in [0.3, 0.4) is 0 Å². The quantitative estimate of drug-likeness (QED) is 0.347. The van der Waals surface area contributed by atoms with Crippen molar-refractivity contribution in [2.24, 2.45) is 10.9 Å². The number of nitrogens with zero attached hydrogens (tertiary/aromatic N) is 2. The molecule has 0 aromatic heterocycles. The van der Waals surface area contributed by atoms with Crippen molar-refractivity contribution in [3.63, 3.8) is 0 Å². The number of guanidine groups is 1. The highest BCUT2D eigenvalue weighted by Gasteiger charge is 2.20. The number of hydrogen-bond donors (Lipinski definition) is 2. The fourth-order valence-corrected chi connectivity index (χ4v) is 2.63. The standard InChI is InChI=1S/C20H34N4O/c1-21-20(23-14-8-16-25-17-18-11-12-18)22-13-6-7-15-24(2)19-9-4-3-5-10-19/h3-5,9-10,18H,6-8,11-17H2,1-2H3,(H2,21,22,23). The number of anilines is 1. The third-order valence-electron chi connectivity index (χ3n) is 4.44. The van der Waals surface area contributed by atoms with E-state index in [9.17, 15) is 0 Å². The number of unbranched alkanes of at least 4 members (excludes halogenated alkanes) is 1. The molecule has 0 unspecified atom stereocenters. The fraction of sp³-hybridized carbons (Fsp3) is 0.650. The minimum absolute atomic E-state index is 0.840. The van der Waals surface area contributed by atoms with Gasteiger partial charge in [-0.1, -0.05) is 18.2 Å². The number of rotatable bonds is 12. The summed E-state index contributed by atoms with van der Waals surface area (Å²) >= 11 is 0. The molecule has 1 fully saturated rings. The third kappa shape index (κ3) is 8.77. The van der Waals surface area contributed by atoms with E-state index in [0.29, 0.717) is 0 Å². The van der Waals surface area contributed by atoms with Gasteiger partial charge in [-0.2, -0.15) is 0 Å². The summed E-state index contributed by atoms with van der Waals surface area (Å²) in [6.07, 6.45) is 6.02.